The number of nitrogens with zero attached hydrogens (tertiary/aromatic N) is 1. The lowest BCUT2D eigenvalue weighted by molar-refractivity contribution is 0.245. The van der Waals surface area contributed by atoms with Crippen LogP contribution in [0.3, 0.4) is 0 Å². The average molecular weight is 306 g/mol. The average Bonchev–Trinajstić information content (AvgIpc) is 2.88. The summed E-state index contributed by atoms with van der Waals surface area (Å²) in [4.78, 5) is 2.51. The minimum Gasteiger partial charge on any atom is -0.493 e. The van der Waals surface area contributed by atoms with Crippen molar-refractivity contribution < 1.29 is 14.2 Å². The van der Waals surface area contributed by atoms with Crippen LogP contribution in [0.4, 0.5) is 0 Å². The second-order valence-electron chi connectivity index (χ2n) is 6.16. The third-order valence-corrected chi connectivity index (χ3v) is 4.79. The Balaban J connectivity index is 1.79. The topological polar surface area (TPSA) is 43.0 Å². The Morgan fingerprint density at radius 1 is 1.00 bits per heavy atom. The molecule has 2 heterocycles. The van der Waals surface area contributed by atoms with Gasteiger partial charge in [0.05, 0.1) is 21.3 Å². The monoisotopic (exact) mass is 306 g/mol. The molecular weight excluding hydrogens is 280 g/mol. The van der Waals surface area contributed by atoms with E-state index in [1.54, 1.807) is 21.3 Å². The van der Waals surface area contributed by atoms with Crippen LogP contribution in [0.1, 0.15) is 24.8 Å². The number of ether oxygens (including phenoxy) is 3. The quantitative estimate of drug-likeness (QED) is 0.902. The zero-order valence-corrected chi connectivity index (χ0v) is 13.7. The number of likely N-dealkylation sites (tertiary alicyclic amines) is 1. The second kappa shape index (κ2) is 6.75. The molecule has 2 fully saturated rings. The number of hydrogen-bond acceptors (Lipinski definition) is 5. The minimum atomic E-state index is 0.638. The van der Waals surface area contributed by atoms with Crippen LogP contribution in [0.5, 0.6) is 17.2 Å². The van der Waals surface area contributed by atoms with Gasteiger partial charge in [0.1, 0.15) is 0 Å². The summed E-state index contributed by atoms with van der Waals surface area (Å²) in [6, 6.07) is 5.39. The van der Waals surface area contributed by atoms with Gasteiger partial charge in [-0.15, -0.1) is 0 Å². The molecule has 1 N–H and O–H groups in total. The van der Waals surface area contributed by atoms with E-state index in [9.17, 15) is 0 Å². The molecule has 2 bridgehead atoms. The molecule has 122 valence electrons. The molecule has 5 heteroatoms. The van der Waals surface area contributed by atoms with Crippen molar-refractivity contribution in [2.75, 3.05) is 34.4 Å². The number of methoxy groups -OCH3 is 3. The maximum absolute atomic E-state index is 5.60. The van der Waals surface area contributed by atoms with Crippen LogP contribution in [0, 0.1) is 0 Å². The standard InChI is InChI=1S/C17H26N2O3/c1-20-15-7-4-12(16(21-2)17(15)22-3)10-19-9-8-13-5-6-14(11-19)18-13/h4,7,13-14,18H,5-6,8-11H2,1-3H3. The van der Waals surface area contributed by atoms with Gasteiger partial charge in [-0.3, -0.25) is 4.90 Å². The summed E-state index contributed by atoms with van der Waals surface area (Å²) in [6.07, 6.45) is 3.86. The van der Waals surface area contributed by atoms with Gasteiger partial charge in [0.15, 0.2) is 11.5 Å². The highest BCUT2D eigenvalue weighted by molar-refractivity contribution is 5.55. The van der Waals surface area contributed by atoms with Gasteiger partial charge in [-0.2, -0.15) is 0 Å². The first kappa shape index (κ1) is 15.4. The van der Waals surface area contributed by atoms with Crippen LogP contribution in [0.15, 0.2) is 12.1 Å². The van der Waals surface area contributed by atoms with E-state index in [-0.39, 0.29) is 0 Å². The zero-order valence-electron chi connectivity index (χ0n) is 13.7. The van der Waals surface area contributed by atoms with E-state index in [2.05, 4.69) is 16.3 Å². The Hall–Kier alpha value is -1.46. The number of benzene rings is 1. The van der Waals surface area contributed by atoms with Gasteiger partial charge < -0.3 is 19.5 Å². The lowest BCUT2D eigenvalue weighted by atomic mass is 10.1. The summed E-state index contributed by atoms with van der Waals surface area (Å²) in [6.45, 7) is 3.12. The van der Waals surface area contributed by atoms with E-state index >= 15 is 0 Å². The number of rotatable bonds is 5. The number of nitrogens with one attached hydrogen (secondary N) is 1. The maximum Gasteiger partial charge on any atom is 0.203 e. The molecule has 0 saturated carbocycles. The Bertz CT molecular complexity index is 521. The Labute approximate surface area is 132 Å². The van der Waals surface area contributed by atoms with Crippen molar-refractivity contribution in [1.82, 2.24) is 10.2 Å². The molecule has 1 aromatic carbocycles. The first-order chi connectivity index (χ1) is 10.7. The highest BCUT2D eigenvalue weighted by atomic mass is 16.5. The molecule has 2 aliphatic rings. The van der Waals surface area contributed by atoms with E-state index in [0.717, 1.165) is 30.9 Å². The SMILES string of the molecule is COc1ccc(CN2CCC3CCC(C2)N3)c(OC)c1OC. The molecule has 2 unspecified atom stereocenters. The molecule has 2 atom stereocenters. The van der Waals surface area contributed by atoms with Crippen molar-refractivity contribution in [3.63, 3.8) is 0 Å². The van der Waals surface area contributed by atoms with Gasteiger partial charge in [-0.25, -0.2) is 0 Å². The molecule has 1 aromatic rings. The Morgan fingerprint density at radius 3 is 2.50 bits per heavy atom. The fraction of sp³-hybridized carbons (Fsp3) is 0.647. The minimum absolute atomic E-state index is 0.638. The summed E-state index contributed by atoms with van der Waals surface area (Å²) in [5.41, 5.74) is 1.15. The van der Waals surface area contributed by atoms with E-state index in [1.807, 2.05) is 6.07 Å². The first-order valence-corrected chi connectivity index (χ1v) is 8.01. The molecule has 0 spiro atoms. The van der Waals surface area contributed by atoms with Crippen molar-refractivity contribution in [3.05, 3.63) is 17.7 Å². The van der Waals surface area contributed by atoms with Crippen LogP contribution < -0.4 is 19.5 Å². The Morgan fingerprint density at radius 2 is 1.77 bits per heavy atom. The summed E-state index contributed by atoms with van der Waals surface area (Å²) in [5, 5.41) is 3.72. The smallest absolute Gasteiger partial charge is 0.203 e. The van der Waals surface area contributed by atoms with Gasteiger partial charge >= 0.3 is 0 Å². The van der Waals surface area contributed by atoms with Crippen molar-refractivity contribution in [2.24, 2.45) is 0 Å². The van der Waals surface area contributed by atoms with Gasteiger partial charge in [0.25, 0.3) is 0 Å². The normalized spacial score (nSPS) is 24.9. The molecule has 5 nitrogen and oxygen atoms in total. The van der Waals surface area contributed by atoms with Crippen molar-refractivity contribution in [2.45, 2.75) is 37.9 Å². The largest absolute Gasteiger partial charge is 0.493 e. The molecule has 3 rings (SSSR count). The molecule has 0 radical (unpaired) electrons. The van der Waals surface area contributed by atoms with E-state index in [4.69, 9.17) is 14.2 Å². The third-order valence-electron chi connectivity index (χ3n) is 4.79. The fourth-order valence-electron chi connectivity index (χ4n) is 3.69. The number of fused-ring (bicyclic) bond motifs is 2. The lowest BCUT2D eigenvalue weighted by Gasteiger charge is -2.25. The summed E-state index contributed by atoms with van der Waals surface area (Å²) < 4.78 is 16.4. The summed E-state index contributed by atoms with van der Waals surface area (Å²) >= 11 is 0. The predicted molar refractivity (Wildman–Crippen MR) is 85.9 cm³/mol. The van der Waals surface area contributed by atoms with Gasteiger partial charge in [-0.1, -0.05) is 6.07 Å². The molecule has 2 saturated heterocycles. The lowest BCUT2D eigenvalue weighted by Crippen LogP contribution is -2.35. The van der Waals surface area contributed by atoms with Crippen molar-refractivity contribution in [1.29, 1.82) is 0 Å². The predicted octanol–water partition coefficient (Wildman–Crippen LogP) is 2.04. The molecule has 0 aromatic heterocycles. The second-order valence-corrected chi connectivity index (χ2v) is 6.16. The van der Waals surface area contributed by atoms with E-state index < -0.39 is 0 Å². The zero-order chi connectivity index (χ0) is 15.5. The Kier molecular flexibility index (Phi) is 4.74. The van der Waals surface area contributed by atoms with Crippen LogP contribution in [-0.4, -0.2) is 51.4 Å². The maximum atomic E-state index is 5.60. The number of hydrogen-bond donors (Lipinski definition) is 1. The van der Waals surface area contributed by atoms with E-state index in [1.165, 1.54) is 19.3 Å². The van der Waals surface area contributed by atoms with Gasteiger partial charge in [-0.05, 0) is 25.3 Å². The first-order valence-electron chi connectivity index (χ1n) is 8.01. The van der Waals surface area contributed by atoms with E-state index in [0.29, 0.717) is 23.6 Å². The fourth-order valence-corrected chi connectivity index (χ4v) is 3.69. The van der Waals surface area contributed by atoms with Crippen molar-refractivity contribution >= 4 is 0 Å². The van der Waals surface area contributed by atoms with Crippen LogP contribution in [0.25, 0.3) is 0 Å². The van der Waals surface area contributed by atoms with Crippen LogP contribution >= 0.6 is 0 Å². The molecular formula is C17H26N2O3. The van der Waals surface area contributed by atoms with Crippen molar-refractivity contribution in [3.8, 4) is 17.2 Å². The summed E-state index contributed by atoms with van der Waals surface area (Å²) in [7, 11) is 4.99. The van der Waals surface area contributed by atoms with Crippen LogP contribution in [-0.2, 0) is 6.54 Å². The highest BCUT2D eigenvalue weighted by Gasteiger charge is 2.29. The molecule has 2 aliphatic heterocycles. The van der Waals surface area contributed by atoms with Gasteiger partial charge in [0, 0.05) is 37.3 Å². The van der Waals surface area contributed by atoms with Gasteiger partial charge in [0.2, 0.25) is 5.75 Å². The highest BCUT2D eigenvalue weighted by Crippen LogP contribution is 2.40. The van der Waals surface area contributed by atoms with Crippen LogP contribution in [0.2, 0.25) is 0 Å². The third kappa shape index (κ3) is 3.01. The molecule has 0 amide bonds. The molecule has 22 heavy (non-hydrogen) atoms. The summed E-state index contributed by atoms with van der Waals surface area (Å²) in [5.74, 6) is 2.17. The molecule has 0 aliphatic carbocycles.